The number of aromatic nitrogens is 3. The molecule has 1 fully saturated rings. The molecule has 0 saturated heterocycles. The largest absolute Gasteiger partial charge is 0.462 e. The molecule has 7 nitrogen and oxygen atoms in total. The van der Waals surface area contributed by atoms with Crippen molar-refractivity contribution < 1.29 is 23.4 Å². The number of nitrogens with one attached hydrogen (secondary N) is 1. The van der Waals surface area contributed by atoms with Crippen molar-refractivity contribution >= 4 is 17.6 Å². The van der Waals surface area contributed by atoms with Crippen LogP contribution in [0.5, 0.6) is 0 Å². The Labute approximate surface area is 228 Å². The number of alkyl halides is 2. The number of nitrogens with zero attached hydrogens (tertiary/aromatic N) is 3. The molecule has 3 heterocycles. The van der Waals surface area contributed by atoms with Crippen LogP contribution in [0.15, 0.2) is 48.8 Å². The molecule has 4 rings (SSSR count). The van der Waals surface area contributed by atoms with Crippen LogP contribution >= 0.6 is 0 Å². The number of aryl methyl sites for hydroxylation is 1. The van der Waals surface area contributed by atoms with Crippen LogP contribution in [-0.4, -0.2) is 32.1 Å². The van der Waals surface area contributed by atoms with Crippen molar-refractivity contribution in [3.8, 4) is 11.3 Å². The fraction of sp³-hybridized carbons (Fsp3) is 0.467. The number of rotatable bonds is 9. The van der Waals surface area contributed by atoms with E-state index in [1.807, 2.05) is 45.0 Å². The van der Waals surface area contributed by atoms with Gasteiger partial charge in [0.1, 0.15) is 17.2 Å². The van der Waals surface area contributed by atoms with E-state index in [0.29, 0.717) is 42.9 Å². The molecule has 3 aromatic rings. The molecular formula is C30H36F2N4O3. The average Bonchev–Trinajstić information content (AvgIpc) is 2.93. The monoisotopic (exact) mass is 538 g/mol. The summed E-state index contributed by atoms with van der Waals surface area (Å²) in [5, 5.41) is 14.4. The van der Waals surface area contributed by atoms with E-state index in [-0.39, 0.29) is 35.3 Å². The molecule has 0 aromatic carbocycles. The molecule has 0 radical (unpaired) electrons. The van der Waals surface area contributed by atoms with Crippen molar-refractivity contribution in [2.45, 2.75) is 77.9 Å². The zero-order chi connectivity index (χ0) is 28.2. The van der Waals surface area contributed by atoms with Gasteiger partial charge in [-0.05, 0) is 101 Å². The minimum absolute atomic E-state index is 0.0205. The predicted molar refractivity (Wildman–Crippen MR) is 146 cm³/mol. The lowest BCUT2D eigenvalue weighted by Crippen LogP contribution is -2.37. The predicted octanol–water partition coefficient (Wildman–Crippen LogP) is 6.88. The van der Waals surface area contributed by atoms with E-state index < -0.39 is 12.0 Å². The third-order valence-electron chi connectivity index (χ3n) is 7.59. The van der Waals surface area contributed by atoms with E-state index in [4.69, 9.17) is 4.74 Å². The van der Waals surface area contributed by atoms with E-state index in [2.05, 4.69) is 20.3 Å². The van der Waals surface area contributed by atoms with Gasteiger partial charge in [0, 0.05) is 23.5 Å². The minimum atomic E-state index is -2.59. The van der Waals surface area contributed by atoms with Crippen molar-refractivity contribution in [1.29, 1.82) is 0 Å². The lowest BCUT2D eigenvalue weighted by molar-refractivity contribution is -0.155. The molecule has 1 aliphatic carbocycles. The zero-order valence-corrected chi connectivity index (χ0v) is 22.8. The minimum Gasteiger partial charge on any atom is -0.462 e. The smallest absolute Gasteiger partial charge is 0.309 e. The Bertz CT molecular complexity index is 1280. The second-order valence-corrected chi connectivity index (χ2v) is 10.6. The number of carbonyl (C=O) groups is 1. The van der Waals surface area contributed by atoms with Crippen LogP contribution in [0.2, 0.25) is 0 Å². The summed E-state index contributed by atoms with van der Waals surface area (Å²) in [6.07, 6.45) is 3.94. The molecule has 2 unspecified atom stereocenters. The van der Waals surface area contributed by atoms with Gasteiger partial charge >= 0.3 is 5.97 Å². The number of esters is 1. The van der Waals surface area contributed by atoms with Crippen LogP contribution in [0.4, 0.5) is 20.4 Å². The average molecular weight is 539 g/mol. The highest BCUT2D eigenvalue weighted by Gasteiger charge is 2.39. The first-order valence-corrected chi connectivity index (χ1v) is 13.5. The van der Waals surface area contributed by atoms with E-state index in [1.165, 1.54) is 18.3 Å². The first-order valence-electron chi connectivity index (χ1n) is 13.5. The normalized spacial score (nSPS) is 19.8. The van der Waals surface area contributed by atoms with Crippen molar-refractivity contribution in [2.75, 3.05) is 5.32 Å². The molecule has 0 aliphatic heterocycles. The summed E-state index contributed by atoms with van der Waals surface area (Å²) in [4.78, 5) is 25.7. The Morgan fingerprint density at radius 2 is 1.87 bits per heavy atom. The highest BCUT2D eigenvalue weighted by atomic mass is 19.3. The number of hydrogen-bond acceptors (Lipinski definition) is 7. The number of anilines is 2. The van der Waals surface area contributed by atoms with Gasteiger partial charge in [-0.1, -0.05) is 6.92 Å². The number of halogens is 2. The van der Waals surface area contributed by atoms with E-state index in [0.717, 1.165) is 17.5 Å². The SMILES string of the molecule is CCC(C)OC(=O)[C@H]1CC[C@H](C(C)(O)c2ccc(-c3cc(C)cc(Nc4cc(C(F)F)ccn4)n3)cn2)CC1. The van der Waals surface area contributed by atoms with Gasteiger partial charge in [-0.15, -0.1) is 0 Å². The topological polar surface area (TPSA) is 97.2 Å². The maximum Gasteiger partial charge on any atom is 0.309 e. The van der Waals surface area contributed by atoms with Crippen LogP contribution in [0.3, 0.4) is 0 Å². The molecular weight excluding hydrogens is 502 g/mol. The quantitative estimate of drug-likeness (QED) is 0.287. The highest BCUT2D eigenvalue weighted by molar-refractivity contribution is 5.72. The first kappa shape index (κ1) is 28.5. The third-order valence-corrected chi connectivity index (χ3v) is 7.59. The Kier molecular flexibility index (Phi) is 8.90. The van der Waals surface area contributed by atoms with Crippen molar-refractivity contribution in [3.63, 3.8) is 0 Å². The molecule has 2 atom stereocenters. The summed E-state index contributed by atoms with van der Waals surface area (Å²) in [5.74, 6) is 0.479. The summed E-state index contributed by atoms with van der Waals surface area (Å²) in [7, 11) is 0. The molecule has 0 bridgehead atoms. The van der Waals surface area contributed by atoms with Crippen LogP contribution in [0.1, 0.15) is 76.1 Å². The maximum absolute atomic E-state index is 13.1. The summed E-state index contributed by atoms with van der Waals surface area (Å²) in [6, 6.07) is 9.97. The molecule has 39 heavy (non-hydrogen) atoms. The Hall–Kier alpha value is -3.46. The van der Waals surface area contributed by atoms with E-state index in [1.54, 1.807) is 13.1 Å². The van der Waals surface area contributed by atoms with Crippen LogP contribution < -0.4 is 5.32 Å². The summed E-state index contributed by atoms with van der Waals surface area (Å²) >= 11 is 0. The van der Waals surface area contributed by atoms with Gasteiger partial charge in [-0.2, -0.15) is 0 Å². The Balaban J connectivity index is 1.44. The number of hydrogen-bond donors (Lipinski definition) is 2. The van der Waals surface area contributed by atoms with Crippen molar-refractivity contribution in [3.05, 3.63) is 65.6 Å². The Morgan fingerprint density at radius 3 is 2.51 bits per heavy atom. The fourth-order valence-electron chi connectivity index (χ4n) is 4.98. The number of ether oxygens (including phenoxy) is 1. The summed E-state index contributed by atoms with van der Waals surface area (Å²) < 4.78 is 31.6. The zero-order valence-electron chi connectivity index (χ0n) is 22.8. The van der Waals surface area contributed by atoms with E-state index in [9.17, 15) is 18.7 Å². The summed E-state index contributed by atoms with van der Waals surface area (Å²) in [6.45, 7) is 7.59. The third kappa shape index (κ3) is 6.95. The molecule has 0 spiro atoms. The van der Waals surface area contributed by atoms with Gasteiger partial charge in [0.15, 0.2) is 0 Å². The molecule has 0 amide bonds. The number of carbonyl (C=O) groups excluding carboxylic acids is 1. The Morgan fingerprint density at radius 1 is 1.13 bits per heavy atom. The number of pyridine rings is 3. The van der Waals surface area contributed by atoms with Gasteiger partial charge in [0.25, 0.3) is 6.43 Å². The van der Waals surface area contributed by atoms with Crippen LogP contribution in [0, 0.1) is 18.8 Å². The lowest BCUT2D eigenvalue weighted by Gasteiger charge is -2.37. The lowest BCUT2D eigenvalue weighted by atomic mass is 9.73. The summed E-state index contributed by atoms with van der Waals surface area (Å²) in [5.41, 5.74) is 1.64. The van der Waals surface area contributed by atoms with Gasteiger partial charge in [-0.25, -0.2) is 18.7 Å². The molecule has 9 heteroatoms. The second kappa shape index (κ2) is 12.2. The van der Waals surface area contributed by atoms with E-state index >= 15 is 0 Å². The highest BCUT2D eigenvalue weighted by Crippen LogP contribution is 2.41. The fourth-order valence-corrected chi connectivity index (χ4v) is 4.98. The number of aliphatic hydroxyl groups is 1. The molecule has 1 saturated carbocycles. The standard InChI is InChI=1S/C30H36F2N4O3/c1-5-19(3)39-29(37)20-6-9-23(10-7-20)30(4,38)25-11-8-22(17-34-25)24-14-18(2)15-27(35-24)36-26-16-21(28(31)32)12-13-33-26/h8,11-17,19-20,23,28,38H,5-7,9-10H2,1-4H3,(H,33,35,36)/t19?,20-,23-,30?. The molecule has 3 aromatic heterocycles. The van der Waals surface area contributed by atoms with Crippen molar-refractivity contribution in [1.82, 2.24) is 15.0 Å². The molecule has 208 valence electrons. The van der Waals surface area contributed by atoms with Gasteiger partial charge in [0.2, 0.25) is 0 Å². The van der Waals surface area contributed by atoms with Crippen LogP contribution in [-0.2, 0) is 15.1 Å². The maximum atomic E-state index is 13.1. The van der Waals surface area contributed by atoms with Gasteiger partial charge in [-0.3, -0.25) is 9.78 Å². The van der Waals surface area contributed by atoms with Gasteiger partial charge < -0.3 is 15.2 Å². The van der Waals surface area contributed by atoms with Crippen LogP contribution in [0.25, 0.3) is 11.3 Å². The van der Waals surface area contributed by atoms with Gasteiger partial charge in [0.05, 0.1) is 23.4 Å². The molecule has 1 aliphatic rings. The first-order chi connectivity index (χ1) is 18.6. The second-order valence-electron chi connectivity index (χ2n) is 10.6. The van der Waals surface area contributed by atoms with Crippen molar-refractivity contribution in [2.24, 2.45) is 11.8 Å². The molecule has 2 N–H and O–H groups in total.